The monoisotopic (exact) mass is 851 g/mol. The van der Waals surface area contributed by atoms with Gasteiger partial charge < -0.3 is 4.57 Å². The van der Waals surface area contributed by atoms with Crippen molar-refractivity contribution in [1.29, 1.82) is 0 Å². The lowest BCUT2D eigenvalue weighted by molar-refractivity contribution is 0.771. The van der Waals surface area contributed by atoms with E-state index in [4.69, 9.17) is 0 Å². The molecule has 1 aromatic heterocycles. The molecule has 12 rings (SSSR count). The molecule has 10 aromatic carbocycles. The maximum Gasteiger partial charge on any atom is 0.0714 e. The summed E-state index contributed by atoms with van der Waals surface area (Å²) in [7, 11) is -1.72. The van der Waals surface area contributed by atoms with Gasteiger partial charge in [-0.1, -0.05) is 218 Å². The first-order valence-corrected chi connectivity index (χ1v) is 24.7. The summed E-state index contributed by atoms with van der Waals surface area (Å²) in [5.41, 5.74) is 10.7. The van der Waals surface area contributed by atoms with Crippen LogP contribution in [0.25, 0.3) is 38.6 Å². The van der Waals surface area contributed by atoms with E-state index >= 15 is 0 Å². The fraction of sp³-hybridized carbons (Fsp3) is 0.0164. The lowest BCUT2D eigenvalue weighted by Crippen LogP contribution is -2.31. The minimum Gasteiger partial charge on any atom is -0.309 e. The van der Waals surface area contributed by atoms with E-state index in [9.17, 15) is 0 Å². The minimum absolute atomic E-state index is 0.634. The Morgan fingerprint density at radius 1 is 0.281 bits per heavy atom. The Hall–Kier alpha value is -7.14. The summed E-state index contributed by atoms with van der Waals surface area (Å²) in [6, 6.07) is 97.7. The molecule has 0 bridgehead atoms. The van der Waals surface area contributed by atoms with E-state index in [0.29, 0.717) is 0 Å². The van der Waals surface area contributed by atoms with Crippen LogP contribution < -0.4 is 31.8 Å². The number of nitrogens with zero attached hydrogens (tertiary/aromatic N) is 1. The summed E-state index contributed by atoms with van der Waals surface area (Å²) in [5, 5.41) is 10.6. The van der Waals surface area contributed by atoms with Gasteiger partial charge in [-0.25, -0.2) is 0 Å². The van der Waals surface area contributed by atoms with Crippen LogP contribution in [-0.4, -0.2) is 4.57 Å². The van der Waals surface area contributed by atoms with E-state index in [1.165, 1.54) is 87.0 Å². The van der Waals surface area contributed by atoms with Crippen molar-refractivity contribution in [1.82, 2.24) is 4.57 Å². The molecule has 0 fully saturated rings. The van der Waals surface area contributed by atoms with Crippen molar-refractivity contribution in [3.63, 3.8) is 0 Å². The molecular weight excluding hydrogens is 809 g/mol. The van der Waals surface area contributed by atoms with Crippen LogP contribution in [0.15, 0.2) is 261 Å². The molecule has 0 atom stereocenters. The van der Waals surface area contributed by atoms with Gasteiger partial charge in [0, 0.05) is 16.5 Å². The van der Waals surface area contributed by atoms with Crippen molar-refractivity contribution in [2.45, 2.75) is 5.41 Å². The van der Waals surface area contributed by atoms with Gasteiger partial charge in [0.1, 0.15) is 0 Å². The van der Waals surface area contributed by atoms with Crippen molar-refractivity contribution in [2.24, 2.45) is 0 Å². The normalized spacial score (nSPS) is 12.8. The molecule has 0 spiro atoms. The van der Waals surface area contributed by atoms with Crippen LogP contribution in [0.2, 0.25) is 0 Å². The van der Waals surface area contributed by atoms with E-state index in [2.05, 4.69) is 265 Å². The Labute approximate surface area is 377 Å². The van der Waals surface area contributed by atoms with E-state index in [-0.39, 0.29) is 0 Å². The van der Waals surface area contributed by atoms with Crippen LogP contribution in [0.1, 0.15) is 22.3 Å². The van der Waals surface area contributed by atoms with Gasteiger partial charge >= 0.3 is 0 Å². The molecule has 11 aromatic rings. The lowest BCUT2D eigenvalue weighted by atomic mass is 9.67. The zero-order valence-corrected chi connectivity index (χ0v) is 37.0. The molecule has 0 unspecified atom stereocenters. The standard InChI is InChI=1S/C61H43NP2/c1-7-21-44(22-8-1)61(45-35-40-60-56(41-45)55-33-19-20-34-59(55)62(60)46-23-9-2-10-24-46)57-42-51(63(47-25-11-3-12-26-47)48-27-13-4-14-28-48)36-38-53(57)54-39-37-52(43-58(54)61)64(49-29-15-5-16-30-49)50-31-17-6-18-32-50/h1-43H. The van der Waals surface area contributed by atoms with Crippen molar-refractivity contribution in [2.75, 3.05) is 0 Å². The zero-order valence-electron chi connectivity index (χ0n) is 35.2. The first-order chi connectivity index (χ1) is 31.8. The molecule has 0 saturated heterocycles. The second-order valence-electron chi connectivity index (χ2n) is 16.5. The fourth-order valence-corrected chi connectivity index (χ4v) is 15.0. The van der Waals surface area contributed by atoms with Crippen LogP contribution in [0.3, 0.4) is 0 Å². The van der Waals surface area contributed by atoms with Crippen LogP contribution in [-0.2, 0) is 5.41 Å². The predicted octanol–water partition coefficient (Wildman–Crippen LogP) is 12.7. The number of aromatic nitrogens is 1. The van der Waals surface area contributed by atoms with E-state index in [1.807, 2.05) is 0 Å². The number of benzene rings is 10. The van der Waals surface area contributed by atoms with Crippen molar-refractivity contribution >= 4 is 69.5 Å². The largest absolute Gasteiger partial charge is 0.309 e. The van der Waals surface area contributed by atoms with Crippen LogP contribution >= 0.6 is 15.8 Å². The molecule has 302 valence electrons. The number of hydrogen-bond acceptors (Lipinski definition) is 0. The average Bonchev–Trinajstić information content (AvgIpc) is 3.86. The number of fused-ring (bicyclic) bond motifs is 6. The molecular formula is C61H43NP2. The average molecular weight is 852 g/mol. The lowest BCUT2D eigenvalue weighted by Gasteiger charge is -2.35. The van der Waals surface area contributed by atoms with Gasteiger partial charge in [0.25, 0.3) is 0 Å². The fourth-order valence-electron chi connectivity index (χ4n) is 10.3. The number of hydrogen-bond donors (Lipinski definition) is 0. The van der Waals surface area contributed by atoms with E-state index < -0.39 is 21.3 Å². The molecule has 0 aliphatic heterocycles. The van der Waals surface area contributed by atoms with Gasteiger partial charge in [0.05, 0.1) is 16.4 Å². The Morgan fingerprint density at radius 3 is 1.17 bits per heavy atom. The van der Waals surface area contributed by atoms with Gasteiger partial charge in [-0.2, -0.15) is 0 Å². The van der Waals surface area contributed by atoms with E-state index in [1.54, 1.807) is 0 Å². The Bertz CT molecular complexity index is 3210. The Balaban J connectivity index is 1.18. The Morgan fingerprint density at radius 2 is 0.688 bits per heavy atom. The highest BCUT2D eigenvalue weighted by atomic mass is 31.1. The summed E-state index contributed by atoms with van der Waals surface area (Å²) in [5.74, 6) is 0. The summed E-state index contributed by atoms with van der Waals surface area (Å²) < 4.78 is 2.43. The number of rotatable bonds is 9. The van der Waals surface area contributed by atoms with Crippen LogP contribution in [0, 0.1) is 0 Å². The molecule has 64 heavy (non-hydrogen) atoms. The van der Waals surface area contributed by atoms with Gasteiger partial charge in [-0.3, -0.25) is 0 Å². The van der Waals surface area contributed by atoms with Gasteiger partial charge in [0.15, 0.2) is 0 Å². The second kappa shape index (κ2) is 16.2. The maximum atomic E-state index is 2.59. The van der Waals surface area contributed by atoms with Crippen molar-refractivity contribution in [3.8, 4) is 16.8 Å². The highest BCUT2D eigenvalue weighted by molar-refractivity contribution is 7.80. The predicted molar refractivity (Wildman–Crippen MR) is 275 cm³/mol. The topological polar surface area (TPSA) is 4.93 Å². The number of para-hydroxylation sites is 2. The zero-order chi connectivity index (χ0) is 42.5. The summed E-state index contributed by atoms with van der Waals surface area (Å²) in [6.07, 6.45) is 0. The van der Waals surface area contributed by atoms with Crippen molar-refractivity contribution in [3.05, 3.63) is 283 Å². The molecule has 1 heterocycles. The summed E-state index contributed by atoms with van der Waals surface area (Å²) in [4.78, 5) is 0. The minimum atomic E-state index is -0.859. The third-order valence-corrected chi connectivity index (χ3v) is 17.9. The molecule has 0 saturated carbocycles. The molecule has 1 nitrogen and oxygen atoms in total. The molecule has 0 N–H and O–H groups in total. The third kappa shape index (κ3) is 6.31. The molecule has 1 aliphatic carbocycles. The Kier molecular flexibility index (Phi) is 9.75. The molecule has 3 heteroatoms. The highest BCUT2D eigenvalue weighted by Crippen LogP contribution is 2.57. The van der Waals surface area contributed by atoms with Gasteiger partial charge in [-0.15, -0.1) is 0 Å². The van der Waals surface area contributed by atoms with Gasteiger partial charge in [-0.05, 0) is 124 Å². The second-order valence-corrected chi connectivity index (χ2v) is 20.9. The molecule has 1 aliphatic rings. The quantitative estimate of drug-likeness (QED) is 0.128. The van der Waals surface area contributed by atoms with Crippen molar-refractivity contribution < 1.29 is 0 Å². The first-order valence-electron chi connectivity index (χ1n) is 22.0. The molecule has 0 radical (unpaired) electrons. The SMILES string of the molecule is c1ccc(-n2c3ccccc3c3cc(C4(c5ccccc5)c5cc(P(c6ccccc6)c6ccccc6)ccc5-c5ccc(P(c6ccccc6)c6ccccc6)cc54)ccc32)cc1. The van der Waals surface area contributed by atoms with E-state index in [0.717, 1.165) is 5.69 Å². The smallest absolute Gasteiger partial charge is 0.0714 e. The van der Waals surface area contributed by atoms with Crippen LogP contribution in [0.5, 0.6) is 0 Å². The molecule has 0 amide bonds. The summed E-state index contributed by atoms with van der Waals surface area (Å²) in [6.45, 7) is 0. The third-order valence-electron chi connectivity index (χ3n) is 13.0. The first kappa shape index (κ1) is 38.5. The van der Waals surface area contributed by atoms with Crippen LogP contribution in [0.4, 0.5) is 0 Å². The van der Waals surface area contributed by atoms with Gasteiger partial charge in [0.2, 0.25) is 0 Å². The summed E-state index contributed by atoms with van der Waals surface area (Å²) >= 11 is 0. The maximum absolute atomic E-state index is 2.59. The highest BCUT2D eigenvalue weighted by Gasteiger charge is 2.47.